The predicted molar refractivity (Wildman–Crippen MR) is 158 cm³/mol. The first-order valence-corrected chi connectivity index (χ1v) is 14.1. The van der Waals surface area contributed by atoms with Crippen molar-refractivity contribution in [2.45, 2.75) is 39.8 Å². The SMILES string of the molecule is Cc1ccc(C(C)C)c(N2C(=O)CSC2=NC(=O)Nc2ccc(-c3ncn(-c4ccc(C(F)(F)F)cc4)n3)cc2C)c1. The minimum absolute atomic E-state index is 0.136. The number of thioether (sulfide) groups is 1. The first kappa shape index (κ1) is 29.1. The van der Waals surface area contributed by atoms with Crippen LogP contribution in [0.1, 0.15) is 42.0 Å². The summed E-state index contributed by atoms with van der Waals surface area (Å²) in [5.41, 5.74) is 4.31. The van der Waals surface area contributed by atoms with Gasteiger partial charge in [0.05, 0.1) is 22.7 Å². The van der Waals surface area contributed by atoms with Crippen molar-refractivity contribution in [3.05, 3.63) is 89.2 Å². The minimum atomic E-state index is -4.42. The summed E-state index contributed by atoms with van der Waals surface area (Å²) in [4.78, 5) is 35.8. The van der Waals surface area contributed by atoms with Gasteiger partial charge in [-0.1, -0.05) is 37.7 Å². The van der Waals surface area contributed by atoms with Crippen LogP contribution in [0.3, 0.4) is 0 Å². The average Bonchev–Trinajstić information content (AvgIpc) is 3.56. The van der Waals surface area contributed by atoms with E-state index >= 15 is 0 Å². The van der Waals surface area contributed by atoms with E-state index in [4.69, 9.17) is 0 Å². The summed E-state index contributed by atoms with van der Waals surface area (Å²) in [6.07, 6.45) is -3.00. The molecule has 1 N–H and O–H groups in total. The molecule has 0 radical (unpaired) electrons. The van der Waals surface area contributed by atoms with Gasteiger partial charge in [-0.2, -0.15) is 18.2 Å². The van der Waals surface area contributed by atoms with Gasteiger partial charge in [-0.15, -0.1) is 5.10 Å². The fraction of sp³-hybridized carbons (Fsp3) is 0.233. The number of nitrogens with zero attached hydrogens (tertiary/aromatic N) is 5. The molecule has 0 unspecified atom stereocenters. The Morgan fingerprint density at radius 1 is 1.05 bits per heavy atom. The average molecular weight is 593 g/mol. The number of aryl methyl sites for hydroxylation is 2. The number of nitrogens with one attached hydrogen (secondary N) is 1. The number of amides is 3. The number of rotatable bonds is 5. The van der Waals surface area contributed by atoms with Gasteiger partial charge in [0.2, 0.25) is 5.91 Å². The quantitative estimate of drug-likeness (QED) is 0.261. The maximum absolute atomic E-state index is 12.9. The van der Waals surface area contributed by atoms with E-state index in [1.54, 1.807) is 25.1 Å². The highest BCUT2D eigenvalue weighted by Crippen LogP contribution is 2.34. The van der Waals surface area contributed by atoms with Crippen LogP contribution < -0.4 is 10.2 Å². The van der Waals surface area contributed by atoms with Gasteiger partial charge in [-0.25, -0.2) is 14.5 Å². The second-order valence-electron chi connectivity index (χ2n) is 10.1. The van der Waals surface area contributed by atoms with Crippen LogP contribution in [-0.4, -0.2) is 37.6 Å². The van der Waals surface area contributed by atoms with Gasteiger partial charge < -0.3 is 5.32 Å². The van der Waals surface area contributed by atoms with Crippen molar-refractivity contribution in [3.8, 4) is 17.1 Å². The fourth-order valence-electron chi connectivity index (χ4n) is 4.51. The molecule has 8 nitrogen and oxygen atoms in total. The van der Waals surface area contributed by atoms with E-state index in [0.29, 0.717) is 27.9 Å². The van der Waals surface area contributed by atoms with Crippen LogP contribution in [0.4, 0.5) is 29.3 Å². The summed E-state index contributed by atoms with van der Waals surface area (Å²) in [5, 5.41) is 7.49. The molecule has 0 atom stereocenters. The topological polar surface area (TPSA) is 92.5 Å². The smallest absolute Gasteiger partial charge is 0.306 e. The molecule has 0 bridgehead atoms. The molecule has 12 heteroatoms. The third-order valence-corrected chi connectivity index (χ3v) is 7.61. The van der Waals surface area contributed by atoms with Gasteiger partial charge in [-0.3, -0.25) is 9.69 Å². The first-order valence-electron chi connectivity index (χ1n) is 13.1. The summed E-state index contributed by atoms with van der Waals surface area (Å²) in [6.45, 7) is 7.85. The van der Waals surface area contributed by atoms with Crippen LogP contribution in [0, 0.1) is 13.8 Å². The molecule has 0 saturated carbocycles. The third kappa shape index (κ3) is 6.08. The number of aromatic nitrogens is 3. The van der Waals surface area contributed by atoms with Crippen molar-refractivity contribution < 1.29 is 22.8 Å². The number of aliphatic imine (C=N–C) groups is 1. The Hall–Kier alpha value is -4.45. The van der Waals surface area contributed by atoms with Gasteiger partial charge in [-0.05, 0) is 85.0 Å². The lowest BCUT2D eigenvalue weighted by molar-refractivity contribution is -0.137. The normalized spacial score (nSPS) is 14.7. The molecule has 42 heavy (non-hydrogen) atoms. The van der Waals surface area contributed by atoms with E-state index in [1.807, 2.05) is 39.0 Å². The number of carbonyl (C=O) groups excluding carboxylic acids is 2. The molecule has 1 aromatic heterocycles. The van der Waals surface area contributed by atoms with E-state index in [0.717, 1.165) is 34.5 Å². The number of hydrogen-bond donors (Lipinski definition) is 1. The van der Waals surface area contributed by atoms with E-state index in [-0.39, 0.29) is 17.6 Å². The number of hydrogen-bond acceptors (Lipinski definition) is 5. The second-order valence-corrected chi connectivity index (χ2v) is 11.1. The Kier molecular flexibility index (Phi) is 7.91. The monoisotopic (exact) mass is 592 g/mol. The molecular formula is C30H27F3N6O2S. The number of amidine groups is 1. The van der Waals surface area contributed by atoms with Crippen LogP contribution in [0.5, 0.6) is 0 Å². The predicted octanol–water partition coefficient (Wildman–Crippen LogP) is 7.36. The molecule has 1 aliphatic heterocycles. The van der Waals surface area contributed by atoms with Gasteiger partial charge in [0, 0.05) is 11.3 Å². The second kappa shape index (κ2) is 11.4. The van der Waals surface area contributed by atoms with E-state index in [9.17, 15) is 22.8 Å². The highest BCUT2D eigenvalue weighted by Gasteiger charge is 2.33. The highest BCUT2D eigenvalue weighted by atomic mass is 32.2. The zero-order chi connectivity index (χ0) is 30.2. The molecule has 1 aliphatic rings. The number of alkyl halides is 3. The maximum Gasteiger partial charge on any atom is 0.416 e. The minimum Gasteiger partial charge on any atom is -0.306 e. The van der Waals surface area contributed by atoms with E-state index in [2.05, 4.69) is 20.4 Å². The molecule has 3 aromatic carbocycles. The summed E-state index contributed by atoms with van der Waals surface area (Å²) < 4.78 is 40.0. The highest BCUT2D eigenvalue weighted by molar-refractivity contribution is 8.15. The number of benzene rings is 3. The summed E-state index contributed by atoms with van der Waals surface area (Å²) in [5.74, 6) is 0.595. The van der Waals surface area contributed by atoms with Crippen LogP contribution in [-0.2, 0) is 11.0 Å². The van der Waals surface area contributed by atoms with Gasteiger partial charge in [0.25, 0.3) is 0 Å². The first-order chi connectivity index (χ1) is 19.9. The molecule has 1 saturated heterocycles. The van der Waals surface area contributed by atoms with Crippen LogP contribution >= 0.6 is 11.8 Å². The third-order valence-electron chi connectivity index (χ3n) is 6.69. The van der Waals surface area contributed by atoms with Crippen LogP contribution in [0.15, 0.2) is 72.0 Å². The lowest BCUT2D eigenvalue weighted by Gasteiger charge is -2.22. The molecule has 4 aromatic rings. The maximum atomic E-state index is 12.9. The Balaban J connectivity index is 1.33. The molecular weight excluding hydrogens is 565 g/mol. The molecule has 0 spiro atoms. The fourth-order valence-corrected chi connectivity index (χ4v) is 5.37. The van der Waals surface area contributed by atoms with Crippen molar-refractivity contribution >= 4 is 40.2 Å². The molecule has 2 heterocycles. The Morgan fingerprint density at radius 2 is 1.79 bits per heavy atom. The summed E-state index contributed by atoms with van der Waals surface area (Å²) in [6, 6.07) is 15.2. The summed E-state index contributed by atoms with van der Waals surface area (Å²) in [7, 11) is 0. The molecule has 1 fully saturated rings. The van der Waals surface area contributed by atoms with Crippen LogP contribution in [0.25, 0.3) is 17.1 Å². The van der Waals surface area contributed by atoms with E-state index in [1.165, 1.54) is 39.8 Å². The Labute approximate surface area is 244 Å². The largest absolute Gasteiger partial charge is 0.416 e. The zero-order valence-electron chi connectivity index (χ0n) is 23.2. The molecule has 0 aliphatic carbocycles. The molecule has 5 rings (SSSR count). The number of halogens is 3. The molecule has 3 amide bonds. The van der Waals surface area contributed by atoms with Gasteiger partial charge >= 0.3 is 12.2 Å². The van der Waals surface area contributed by atoms with Gasteiger partial charge in [0.15, 0.2) is 11.0 Å². The standard InChI is InChI=1S/C30H27F3N6O2S/c1-17(2)23-11-5-18(3)13-25(23)39-26(40)15-42-29(39)36-28(41)35-24-12-6-20(14-19(24)4)27-34-16-38(37-27)22-9-7-21(8-10-22)30(31,32)33/h5-14,16-17H,15H2,1-4H3,(H,35,41). The Morgan fingerprint density at radius 3 is 2.45 bits per heavy atom. The van der Waals surface area contributed by atoms with Crippen molar-refractivity contribution in [1.29, 1.82) is 0 Å². The molecule has 216 valence electrons. The van der Waals surface area contributed by atoms with Crippen molar-refractivity contribution in [3.63, 3.8) is 0 Å². The van der Waals surface area contributed by atoms with Gasteiger partial charge in [0.1, 0.15) is 6.33 Å². The Bertz CT molecular complexity index is 1700. The summed E-state index contributed by atoms with van der Waals surface area (Å²) >= 11 is 1.22. The van der Waals surface area contributed by atoms with Crippen molar-refractivity contribution in [2.75, 3.05) is 16.0 Å². The van der Waals surface area contributed by atoms with Crippen molar-refractivity contribution in [1.82, 2.24) is 14.8 Å². The lowest BCUT2D eigenvalue weighted by atomic mass is 9.99. The number of carbonyl (C=O) groups is 2. The number of anilines is 2. The zero-order valence-corrected chi connectivity index (χ0v) is 24.0. The van der Waals surface area contributed by atoms with Crippen LogP contribution in [0.2, 0.25) is 0 Å². The van der Waals surface area contributed by atoms with Crippen molar-refractivity contribution in [2.24, 2.45) is 4.99 Å². The number of urea groups is 1. The lowest BCUT2D eigenvalue weighted by Crippen LogP contribution is -2.31. The van der Waals surface area contributed by atoms with E-state index < -0.39 is 17.8 Å².